The van der Waals surface area contributed by atoms with Crippen LogP contribution in [0.3, 0.4) is 0 Å². The summed E-state index contributed by atoms with van der Waals surface area (Å²) in [5.74, 6) is 0. The third kappa shape index (κ3) is 2.81. The molecular formula is C7H8N2O2S2. The Hall–Kier alpha value is -0.900. The minimum absolute atomic E-state index is 0.163. The van der Waals surface area contributed by atoms with E-state index in [2.05, 4.69) is 4.72 Å². The zero-order valence-electron chi connectivity index (χ0n) is 6.73. The fourth-order valence-corrected chi connectivity index (χ4v) is 2.80. The lowest BCUT2D eigenvalue weighted by atomic mass is 10.5. The number of hydrogen-bond donors (Lipinski definition) is 1. The SMILES string of the molecule is N#CCCNS(=O)(=O)c1cccs1. The van der Waals surface area contributed by atoms with Crippen LogP contribution in [-0.4, -0.2) is 15.0 Å². The van der Waals surface area contributed by atoms with Crippen molar-refractivity contribution in [3.8, 4) is 6.07 Å². The van der Waals surface area contributed by atoms with Crippen LogP contribution in [0.15, 0.2) is 21.7 Å². The van der Waals surface area contributed by atoms with Crippen LogP contribution in [0.2, 0.25) is 0 Å². The number of nitrogens with zero attached hydrogens (tertiary/aromatic N) is 1. The lowest BCUT2D eigenvalue weighted by Crippen LogP contribution is -2.23. The molecule has 1 aromatic heterocycles. The van der Waals surface area contributed by atoms with E-state index in [1.54, 1.807) is 11.4 Å². The normalized spacial score (nSPS) is 11.0. The number of rotatable bonds is 4. The van der Waals surface area contributed by atoms with E-state index in [0.717, 1.165) is 11.3 Å². The molecule has 0 saturated carbocycles. The zero-order valence-corrected chi connectivity index (χ0v) is 8.36. The van der Waals surface area contributed by atoms with Gasteiger partial charge >= 0.3 is 0 Å². The standard InChI is InChI=1S/C7H8N2O2S2/c8-4-2-5-9-13(10,11)7-3-1-6-12-7/h1,3,6,9H,2,5H2. The average molecular weight is 216 g/mol. The molecule has 0 aliphatic carbocycles. The van der Waals surface area contributed by atoms with E-state index in [4.69, 9.17) is 5.26 Å². The predicted octanol–water partition coefficient (Wildman–Crippen LogP) is 0.940. The Labute approximate surface area is 80.9 Å². The van der Waals surface area contributed by atoms with E-state index in [-0.39, 0.29) is 17.2 Å². The lowest BCUT2D eigenvalue weighted by molar-refractivity contribution is 0.584. The first-order valence-corrected chi connectivity index (χ1v) is 5.93. The Balaban J connectivity index is 2.64. The molecular weight excluding hydrogens is 208 g/mol. The Kier molecular flexibility index (Phi) is 3.42. The van der Waals surface area contributed by atoms with Gasteiger partial charge in [-0.05, 0) is 11.4 Å². The van der Waals surface area contributed by atoms with Gasteiger partial charge in [0.2, 0.25) is 10.0 Å². The molecule has 13 heavy (non-hydrogen) atoms. The maximum atomic E-state index is 11.4. The smallest absolute Gasteiger partial charge is 0.209 e. The van der Waals surface area contributed by atoms with E-state index in [0.29, 0.717) is 0 Å². The van der Waals surface area contributed by atoms with E-state index in [1.165, 1.54) is 6.07 Å². The molecule has 6 heteroatoms. The molecule has 1 heterocycles. The van der Waals surface area contributed by atoms with Gasteiger partial charge in [-0.1, -0.05) is 6.07 Å². The number of hydrogen-bond acceptors (Lipinski definition) is 4. The van der Waals surface area contributed by atoms with Crippen molar-refractivity contribution in [1.29, 1.82) is 5.26 Å². The number of nitrogens with one attached hydrogen (secondary N) is 1. The molecule has 1 N–H and O–H groups in total. The fraction of sp³-hybridized carbons (Fsp3) is 0.286. The second-order valence-corrected chi connectivity index (χ2v) is 5.18. The molecule has 0 amide bonds. The van der Waals surface area contributed by atoms with Gasteiger partial charge in [0.1, 0.15) is 4.21 Å². The molecule has 0 atom stereocenters. The summed E-state index contributed by atoms with van der Waals surface area (Å²) in [4.78, 5) is 0. The van der Waals surface area contributed by atoms with Crippen molar-refractivity contribution >= 4 is 21.4 Å². The van der Waals surface area contributed by atoms with Gasteiger partial charge in [-0.2, -0.15) is 5.26 Å². The van der Waals surface area contributed by atoms with E-state index >= 15 is 0 Å². The summed E-state index contributed by atoms with van der Waals surface area (Å²) in [5.41, 5.74) is 0. The van der Waals surface area contributed by atoms with Crippen LogP contribution in [-0.2, 0) is 10.0 Å². The highest BCUT2D eigenvalue weighted by molar-refractivity contribution is 7.91. The van der Waals surface area contributed by atoms with Crippen molar-refractivity contribution in [2.45, 2.75) is 10.6 Å². The maximum absolute atomic E-state index is 11.4. The van der Waals surface area contributed by atoms with Gasteiger partial charge in [-0.15, -0.1) is 11.3 Å². The maximum Gasteiger partial charge on any atom is 0.250 e. The quantitative estimate of drug-likeness (QED) is 0.761. The van der Waals surface area contributed by atoms with Crippen LogP contribution >= 0.6 is 11.3 Å². The van der Waals surface area contributed by atoms with Crippen LogP contribution < -0.4 is 4.72 Å². The largest absolute Gasteiger partial charge is 0.250 e. The van der Waals surface area contributed by atoms with Crippen LogP contribution in [0.25, 0.3) is 0 Å². The first-order chi connectivity index (χ1) is 6.17. The van der Waals surface area contributed by atoms with E-state index in [1.807, 2.05) is 6.07 Å². The van der Waals surface area contributed by atoms with Crippen molar-refractivity contribution in [3.63, 3.8) is 0 Å². The molecule has 0 aromatic carbocycles. The van der Waals surface area contributed by atoms with Gasteiger partial charge in [0.05, 0.1) is 6.07 Å². The van der Waals surface area contributed by atoms with Gasteiger partial charge in [-0.3, -0.25) is 0 Å². The summed E-state index contributed by atoms with van der Waals surface area (Å²) in [5, 5.41) is 9.90. The van der Waals surface area contributed by atoms with Crippen LogP contribution in [0, 0.1) is 11.3 Å². The number of sulfonamides is 1. The highest BCUT2D eigenvalue weighted by Gasteiger charge is 2.13. The summed E-state index contributed by atoms with van der Waals surface area (Å²) in [7, 11) is -3.37. The predicted molar refractivity (Wildman–Crippen MR) is 49.7 cm³/mol. The van der Waals surface area contributed by atoms with Crippen molar-refractivity contribution in [2.75, 3.05) is 6.54 Å². The van der Waals surface area contributed by atoms with Gasteiger partial charge in [0.25, 0.3) is 0 Å². The van der Waals surface area contributed by atoms with Crippen LogP contribution in [0.1, 0.15) is 6.42 Å². The highest BCUT2D eigenvalue weighted by atomic mass is 32.2. The molecule has 0 spiro atoms. The molecule has 70 valence electrons. The van der Waals surface area contributed by atoms with Crippen molar-refractivity contribution in [1.82, 2.24) is 4.72 Å². The molecule has 0 bridgehead atoms. The van der Waals surface area contributed by atoms with E-state index in [9.17, 15) is 8.42 Å². The van der Waals surface area contributed by atoms with Crippen molar-refractivity contribution in [3.05, 3.63) is 17.5 Å². The average Bonchev–Trinajstić information content (AvgIpc) is 2.56. The molecule has 0 aliphatic heterocycles. The van der Waals surface area contributed by atoms with E-state index < -0.39 is 10.0 Å². The monoisotopic (exact) mass is 216 g/mol. The topological polar surface area (TPSA) is 70.0 Å². The second kappa shape index (κ2) is 4.37. The van der Waals surface area contributed by atoms with Crippen molar-refractivity contribution in [2.24, 2.45) is 0 Å². The Bertz CT molecular complexity index is 389. The molecule has 0 saturated heterocycles. The van der Waals surface area contributed by atoms with Gasteiger partial charge in [-0.25, -0.2) is 13.1 Å². The van der Waals surface area contributed by atoms with Crippen molar-refractivity contribution < 1.29 is 8.42 Å². The van der Waals surface area contributed by atoms with Crippen LogP contribution in [0.4, 0.5) is 0 Å². The minimum Gasteiger partial charge on any atom is -0.209 e. The molecule has 0 unspecified atom stereocenters. The Morgan fingerprint density at radius 2 is 2.38 bits per heavy atom. The molecule has 1 aromatic rings. The first kappa shape index (κ1) is 10.2. The first-order valence-electron chi connectivity index (χ1n) is 3.57. The second-order valence-electron chi connectivity index (χ2n) is 2.24. The minimum atomic E-state index is -3.37. The Morgan fingerprint density at radius 3 is 2.92 bits per heavy atom. The fourth-order valence-electron chi connectivity index (χ4n) is 0.729. The Morgan fingerprint density at radius 1 is 1.62 bits per heavy atom. The highest BCUT2D eigenvalue weighted by Crippen LogP contribution is 2.14. The number of thiophene rings is 1. The molecule has 0 radical (unpaired) electrons. The zero-order chi connectivity index (χ0) is 9.73. The summed E-state index contributed by atoms with van der Waals surface area (Å²) < 4.78 is 25.3. The van der Waals surface area contributed by atoms with Gasteiger partial charge in [0, 0.05) is 13.0 Å². The summed E-state index contributed by atoms with van der Waals surface area (Å²) in [6.45, 7) is 0.163. The van der Waals surface area contributed by atoms with Gasteiger partial charge < -0.3 is 0 Å². The lowest BCUT2D eigenvalue weighted by Gasteiger charge is -2.00. The van der Waals surface area contributed by atoms with Crippen LogP contribution in [0.5, 0.6) is 0 Å². The number of nitriles is 1. The molecule has 0 aliphatic rings. The molecule has 0 fully saturated rings. The van der Waals surface area contributed by atoms with Gasteiger partial charge in [0.15, 0.2) is 0 Å². The molecule has 4 nitrogen and oxygen atoms in total. The molecule has 1 rings (SSSR count). The summed E-state index contributed by atoms with van der Waals surface area (Å²) >= 11 is 1.15. The summed E-state index contributed by atoms with van der Waals surface area (Å²) in [6, 6.07) is 5.06. The summed E-state index contributed by atoms with van der Waals surface area (Å²) in [6.07, 6.45) is 0.185. The third-order valence-electron chi connectivity index (χ3n) is 1.29. The third-order valence-corrected chi connectivity index (χ3v) is 4.15.